The van der Waals surface area contributed by atoms with E-state index in [4.69, 9.17) is 0 Å². The second-order valence-corrected chi connectivity index (χ2v) is 9.80. The van der Waals surface area contributed by atoms with Crippen LogP contribution in [0.25, 0.3) is 0 Å². The van der Waals surface area contributed by atoms with Gasteiger partial charge < -0.3 is 4.90 Å². The van der Waals surface area contributed by atoms with Crippen molar-refractivity contribution in [2.24, 2.45) is 5.92 Å². The minimum absolute atomic E-state index is 0.100. The van der Waals surface area contributed by atoms with Gasteiger partial charge >= 0.3 is 0 Å². The van der Waals surface area contributed by atoms with Gasteiger partial charge in [-0.05, 0) is 68.4 Å². The van der Waals surface area contributed by atoms with E-state index in [-0.39, 0.29) is 5.75 Å². The third-order valence-corrected chi connectivity index (χ3v) is 7.77. The Morgan fingerprint density at radius 3 is 2.74 bits per heavy atom. The Hall–Kier alpha value is -0.760. The van der Waals surface area contributed by atoms with Gasteiger partial charge in [-0.1, -0.05) is 6.07 Å². The van der Waals surface area contributed by atoms with Gasteiger partial charge in [0, 0.05) is 29.7 Å². The first-order chi connectivity index (χ1) is 11.0. The fourth-order valence-corrected chi connectivity index (χ4v) is 5.75. The number of hydrogen-bond donors (Lipinski definition) is 1. The lowest BCUT2D eigenvalue weighted by atomic mass is 9.84. The summed E-state index contributed by atoms with van der Waals surface area (Å²) < 4.78 is 28.6. The molecule has 3 fully saturated rings. The maximum absolute atomic E-state index is 11.7. The summed E-state index contributed by atoms with van der Waals surface area (Å²) in [4.78, 5) is 3.77. The van der Waals surface area contributed by atoms with Crippen LogP contribution in [-0.2, 0) is 16.6 Å². The molecule has 0 spiro atoms. The highest BCUT2D eigenvalue weighted by molar-refractivity contribution is 7.97. The van der Waals surface area contributed by atoms with Crippen molar-refractivity contribution in [3.8, 4) is 0 Å². The van der Waals surface area contributed by atoms with E-state index < -0.39 is 10.0 Å². The quantitative estimate of drug-likeness (QED) is 0.842. The van der Waals surface area contributed by atoms with Gasteiger partial charge in [-0.3, -0.25) is 4.72 Å². The molecule has 126 valence electrons. The summed E-state index contributed by atoms with van der Waals surface area (Å²) in [5, 5.41) is 0. The Kier molecular flexibility index (Phi) is 4.07. The molecule has 4 aliphatic heterocycles. The van der Waals surface area contributed by atoms with Crippen LogP contribution in [0.5, 0.6) is 0 Å². The maximum atomic E-state index is 11.7. The van der Waals surface area contributed by atoms with Crippen molar-refractivity contribution >= 4 is 27.7 Å². The Labute approximate surface area is 142 Å². The van der Waals surface area contributed by atoms with Crippen LogP contribution in [-0.4, -0.2) is 49.1 Å². The van der Waals surface area contributed by atoms with Crippen LogP contribution >= 0.6 is 11.9 Å². The topological polar surface area (TPSA) is 52.7 Å². The molecule has 4 aliphatic rings. The second kappa shape index (κ2) is 5.95. The van der Waals surface area contributed by atoms with Gasteiger partial charge in [-0.25, -0.2) is 12.7 Å². The summed E-state index contributed by atoms with van der Waals surface area (Å²) in [5.74, 6) is 0.919. The molecule has 0 radical (unpaired) electrons. The highest BCUT2D eigenvalue weighted by Crippen LogP contribution is 2.43. The van der Waals surface area contributed by atoms with Gasteiger partial charge in [0.2, 0.25) is 10.0 Å². The number of sulfonamides is 1. The predicted molar refractivity (Wildman–Crippen MR) is 93.9 cm³/mol. The lowest BCUT2D eigenvalue weighted by Crippen LogP contribution is -2.54. The molecule has 3 saturated heterocycles. The standard InChI is InChI=1S/C16H23N3O2S2/c1-2-23(20,21)17-14-4-3-13-10-19(22-16(13)9-14)15-11-18-7-5-12(15)6-8-18/h3-4,9,12,15,17H,2,5-8,10-11H2,1H3/t15-/m0/s1. The molecule has 23 heavy (non-hydrogen) atoms. The van der Waals surface area contributed by atoms with E-state index in [0.29, 0.717) is 11.7 Å². The van der Waals surface area contributed by atoms with Gasteiger partial charge in [0.15, 0.2) is 0 Å². The minimum atomic E-state index is -3.21. The Morgan fingerprint density at radius 1 is 1.30 bits per heavy atom. The third kappa shape index (κ3) is 3.12. The summed E-state index contributed by atoms with van der Waals surface area (Å²) in [6.45, 7) is 6.32. The highest BCUT2D eigenvalue weighted by atomic mass is 32.2. The van der Waals surface area contributed by atoms with Crippen molar-refractivity contribution in [3.05, 3.63) is 23.8 Å². The zero-order valence-corrected chi connectivity index (χ0v) is 15.0. The molecule has 1 atom stereocenters. The number of anilines is 1. The normalized spacial score (nSPS) is 30.4. The van der Waals surface area contributed by atoms with E-state index in [1.54, 1.807) is 18.9 Å². The molecular formula is C16H23N3O2S2. The Balaban J connectivity index is 1.49. The van der Waals surface area contributed by atoms with Crippen LogP contribution in [0.1, 0.15) is 25.3 Å². The fourth-order valence-electron chi connectivity index (χ4n) is 3.86. The van der Waals surface area contributed by atoms with E-state index in [1.165, 1.54) is 42.9 Å². The molecule has 0 amide bonds. The van der Waals surface area contributed by atoms with Gasteiger partial charge in [-0.15, -0.1) is 0 Å². The number of hydrogen-bond acceptors (Lipinski definition) is 5. The van der Waals surface area contributed by atoms with Crippen molar-refractivity contribution < 1.29 is 8.42 Å². The largest absolute Gasteiger partial charge is 0.302 e. The van der Waals surface area contributed by atoms with Crippen LogP contribution < -0.4 is 4.72 Å². The van der Waals surface area contributed by atoms with E-state index in [1.807, 2.05) is 12.1 Å². The van der Waals surface area contributed by atoms with Gasteiger partial charge in [0.1, 0.15) is 0 Å². The number of piperidine rings is 3. The minimum Gasteiger partial charge on any atom is -0.302 e. The third-order valence-electron chi connectivity index (χ3n) is 5.25. The number of rotatable bonds is 4. The fraction of sp³-hybridized carbons (Fsp3) is 0.625. The first-order valence-electron chi connectivity index (χ1n) is 8.34. The van der Waals surface area contributed by atoms with Crippen molar-refractivity contribution in [2.45, 2.75) is 37.2 Å². The van der Waals surface area contributed by atoms with E-state index in [2.05, 4.69) is 20.0 Å². The highest BCUT2D eigenvalue weighted by Gasteiger charge is 2.39. The summed E-state index contributed by atoms with van der Waals surface area (Å²) in [5.41, 5.74) is 1.99. The predicted octanol–water partition coefficient (Wildman–Crippen LogP) is 2.37. The Morgan fingerprint density at radius 2 is 2.09 bits per heavy atom. The van der Waals surface area contributed by atoms with Crippen molar-refractivity contribution in [1.29, 1.82) is 0 Å². The van der Waals surface area contributed by atoms with Crippen molar-refractivity contribution in [3.63, 3.8) is 0 Å². The molecule has 1 aromatic carbocycles. The summed E-state index contributed by atoms with van der Waals surface area (Å²) in [6.07, 6.45) is 2.64. The monoisotopic (exact) mass is 353 g/mol. The zero-order chi connectivity index (χ0) is 16.0. The van der Waals surface area contributed by atoms with E-state index in [9.17, 15) is 8.42 Å². The van der Waals surface area contributed by atoms with Crippen LogP contribution in [0, 0.1) is 5.92 Å². The van der Waals surface area contributed by atoms with Crippen molar-refractivity contribution in [2.75, 3.05) is 30.1 Å². The van der Waals surface area contributed by atoms with Crippen LogP contribution in [0.15, 0.2) is 23.1 Å². The molecule has 0 aromatic heterocycles. The van der Waals surface area contributed by atoms with E-state index >= 15 is 0 Å². The molecular weight excluding hydrogens is 330 g/mol. The molecule has 1 aromatic rings. The maximum Gasteiger partial charge on any atom is 0.232 e. The second-order valence-electron chi connectivity index (χ2n) is 6.70. The number of nitrogens with zero attached hydrogens (tertiary/aromatic N) is 2. The molecule has 0 unspecified atom stereocenters. The van der Waals surface area contributed by atoms with Gasteiger partial charge in [-0.2, -0.15) is 0 Å². The van der Waals surface area contributed by atoms with Crippen LogP contribution in [0.3, 0.4) is 0 Å². The average Bonchev–Trinajstić information content (AvgIpc) is 2.99. The number of fused-ring (bicyclic) bond motifs is 4. The molecule has 2 bridgehead atoms. The number of nitrogens with one attached hydrogen (secondary N) is 1. The molecule has 7 heteroatoms. The number of benzene rings is 1. The molecule has 4 heterocycles. The average molecular weight is 354 g/mol. The first kappa shape index (κ1) is 15.7. The molecule has 5 nitrogen and oxygen atoms in total. The summed E-state index contributed by atoms with van der Waals surface area (Å²) in [7, 11) is -3.21. The van der Waals surface area contributed by atoms with Crippen LogP contribution in [0.2, 0.25) is 0 Å². The van der Waals surface area contributed by atoms with Crippen LogP contribution in [0.4, 0.5) is 5.69 Å². The molecule has 0 saturated carbocycles. The Bertz CT molecular complexity index is 699. The lowest BCUT2D eigenvalue weighted by Gasteiger charge is -2.47. The molecule has 5 rings (SSSR count). The van der Waals surface area contributed by atoms with E-state index in [0.717, 1.165) is 12.5 Å². The lowest BCUT2D eigenvalue weighted by molar-refractivity contribution is 0.0420. The zero-order valence-electron chi connectivity index (χ0n) is 13.4. The SMILES string of the molecule is CCS(=O)(=O)Nc1ccc2c(c1)SN([C@H]1CN3CCC1CC3)C2. The smallest absolute Gasteiger partial charge is 0.232 e. The van der Waals surface area contributed by atoms with Crippen molar-refractivity contribution in [1.82, 2.24) is 9.21 Å². The summed E-state index contributed by atoms with van der Waals surface area (Å²) >= 11 is 1.80. The summed E-state index contributed by atoms with van der Waals surface area (Å²) in [6, 6.07) is 6.56. The molecule has 1 N–H and O–H groups in total. The first-order valence-corrected chi connectivity index (χ1v) is 10.8. The van der Waals surface area contributed by atoms with Gasteiger partial charge in [0.05, 0.1) is 5.75 Å². The van der Waals surface area contributed by atoms with Gasteiger partial charge in [0.25, 0.3) is 0 Å². The molecule has 0 aliphatic carbocycles.